The largest absolute Gasteiger partial charge is 0.362 e. The van der Waals surface area contributed by atoms with E-state index in [0.29, 0.717) is 35.1 Å². The summed E-state index contributed by atoms with van der Waals surface area (Å²) in [6, 6.07) is 0. The summed E-state index contributed by atoms with van der Waals surface area (Å²) in [4.78, 5) is 15.1. The molecule has 0 bridgehead atoms. The molecular weight excluding hydrogens is 312 g/mol. The first kappa shape index (κ1) is 14.1. The van der Waals surface area contributed by atoms with Crippen molar-refractivity contribution in [2.24, 2.45) is 5.92 Å². The molecule has 0 amide bonds. The lowest BCUT2D eigenvalue weighted by molar-refractivity contribution is 0.574. The van der Waals surface area contributed by atoms with Crippen molar-refractivity contribution in [3.05, 3.63) is 12.7 Å². The number of sulfone groups is 1. The molecule has 10 heteroatoms. The number of fused-ring (bicyclic) bond motifs is 1. The summed E-state index contributed by atoms with van der Waals surface area (Å²) in [7, 11) is -2.86. The molecule has 0 aliphatic carbocycles. The Hall–Kier alpha value is -1.81. The molecule has 3 heterocycles. The predicted molar refractivity (Wildman–Crippen MR) is 82.7 cm³/mol. The summed E-state index contributed by atoms with van der Waals surface area (Å²) in [5.41, 5.74) is 1.22. The van der Waals surface area contributed by atoms with Crippen molar-refractivity contribution in [1.29, 1.82) is 0 Å². The summed E-state index contributed by atoms with van der Waals surface area (Å²) < 4.78 is 22.8. The minimum atomic E-state index is -2.86. The van der Waals surface area contributed by atoms with Crippen molar-refractivity contribution in [1.82, 2.24) is 25.3 Å². The number of nitrogens with zero attached hydrogens (tertiary/aromatic N) is 3. The smallest absolute Gasteiger partial charge is 0.182 e. The Labute approximate surface area is 126 Å². The number of aromatic nitrogens is 4. The third-order valence-electron chi connectivity index (χ3n) is 3.33. The van der Waals surface area contributed by atoms with Gasteiger partial charge in [0.25, 0.3) is 0 Å². The number of hydrogen-bond donors (Lipinski definition) is 3. The number of H-pyrrole nitrogens is 1. The summed E-state index contributed by atoms with van der Waals surface area (Å²) in [6.45, 7) is 0.530. The Morgan fingerprint density at radius 2 is 2.29 bits per heavy atom. The zero-order chi connectivity index (χ0) is 14.9. The molecule has 0 spiro atoms. The van der Waals surface area contributed by atoms with Crippen molar-refractivity contribution < 1.29 is 8.42 Å². The van der Waals surface area contributed by atoms with Crippen molar-refractivity contribution >= 4 is 44.1 Å². The Balaban J connectivity index is 1.58. The van der Waals surface area contributed by atoms with Crippen LogP contribution < -0.4 is 10.6 Å². The molecular formula is C11H14N6O2S2. The number of hydrogen-bond acceptors (Lipinski definition) is 6. The van der Waals surface area contributed by atoms with E-state index in [0.717, 1.165) is 0 Å². The van der Waals surface area contributed by atoms with Gasteiger partial charge in [0, 0.05) is 6.54 Å². The number of nitrogens with one attached hydrogen (secondary N) is 3. The molecule has 0 unspecified atom stereocenters. The zero-order valence-electron chi connectivity index (χ0n) is 11.0. The van der Waals surface area contributed by atoms with Crippen LogP contribution in [-0.4, -0.2) is 51.5 Å². The highest BCUT2D eigenvalue weighted by Gasteiger charge is 2.27. The molecule has 1 aliphatic rings. The van der Waals surface area contributed by atoms with Crippen LogP contribution in [0.15, 0.2) is 12.7 Å². The van der Waals surface area contributed by atoms with Gasteiger partial charge >= 0.3 is 0 Å². The maximum absolute atomic E-state index is 11.4. The van der Waals surface area contributed by atoms with E-state index in [4.69, 9.17) is 12.2 Å². The molecule has 0 saturated carbocycles. The van der Waals surface area contributed by atoms with E-state index in [1.54, 1.807) is 0 Å². The maximum Gasteiger partial charge on any atom is 0.182 e. The van der Waals surface area contributed by atoms with Crippen LogP contribution in [0.1, 0.15) is 6.42 Å². The van der Waals surface area contributed by atoms with Gasteiger partial charge in [0.2, 0.25) is 0 Å². The Morgan fingerprint density at radius 3 is 3.05 bits per heavy atom. The molecule has 3 rings (SSSR count). The minimum absolute atomic E-state index is 0.104. The molecule has 2 aromatic heterocycles. The van der Waals surface area contributed by atoms with Crippen LogP contribution in [0.25, 0.3) is 11.2 Å². The van der Waals surface area contributed by atoms with Crippen LogP contribution in [0, 0.1) is 5.92 Å². The second-order valence-corrected chi connectivity index (χ2v) is 7.56. The van der Waals surface area contributed by atoms with Gasteiger partial charge in [-0.2, -0.15) is 0 Å². The van der Waals surface area contributed by atoms with Crippen LogP contribution >= 0.6 is 12.2 Å². The molecule has 8 nitrogen and oxygen atoms in total. The Bertz CT molecular complexity index is 772. The van der Waals surface area contributed by atoms with Crippen LogP contribution in [-0.2, 0) is 9.84 Å². The lowest BCUT2D eigenvalue weighted by Gasteiger charge is -2.13. The fourth-order valence-corrected chi connectivity index (χ4v) is 4.32. The first-order valence-electron chi connectivity index (χ1n) is 6.43. The first-order chi connectivity index (χ1) is 10.0. The van der Waals surface area contributed by atoms with Crippen LogP contribution in [0.5, 0.6) is 0 Å². The number of rotatable bonds is 3. The molecule has 3 N–H and O–H groups in total. The second-order valence-electron chi connectivity index (χ2n) is 4.93. The average Bonchev–Trinajstić information content (AvgIpc) is 3.03. The minimum Gasteiger partial charge on any atom is -0.362 e. The zero-order valence-corrected chi connectivity index (χ0v) is 12.7. The van der Waals surface area contributed by atoms with Gasteiger partial charge in [0.1, 0.15) is 11.8 Å². The van der Waals surface area contributed by atoms with Gasteiger partial charge < -0.3 is 15.6 Å². The van der Waals surface area contributed by atoms with Crippen LogP contribution in [0.2, 0.25) is 0 Å². The van der Waals surface area contributed by atoms with Gasteiger partial charge in [-0.3, -0.25) is 0 Å². The van der Waals surface area contributed by atoms with Crippen molar-refractivity contribution in [2.45, 2.75) is 6.42 Å². The van der Waals surface area contributed by atoms with Gasteiger partial charge in [-0.1, -0.05) is 0 Å². The molecule has 2 aromatic rings. The molecule has 1 atom stereocenters. The molecule has 1 saturated heterocycles. The Kier molecular flexibility index (Phi) is 3.72. The SMILES string of the molecule is O=S1(=O)CC[C@H](CNC(=S)Nc2ncnc3nc[nH]c23)C1. The fraction of sp³-hybridized carbons (Fsp3) is 0.455. The number of anilines is 1. The van der Waals surface area contributed by atoms with E-state index >= 15 is 0 Å². The van der Waals surface area contributed by atoms with E-state index in [9.17, 15) is 8.42 Å². The lowest BCUT2D eigenvalue weighted by Crippen LogP contribution is -2.33. The van der Waals surface area contributed by atoms with Crippen molar-refractivity contribution in [3.8, 4) is 0 Å². The molecule has 1 fully saturated rings. The highest BCUT2D eigenvalue weighted by atomic mass is 32.2. The van der Waals surface area contributed by atoms with Crippen LogP contribution in [0.4, 0.5) is 5.82 Å². The van der Waals surface area contributed by atoms with Crippen LogP contribution in [0.3, 0.4) is 0 Å². The molecule has 21 heavy (non-hydrogen) atoms. The van der Waals surface area contributed by atoms with Gasteiger partial charge in [-0.15, -0.1) is 0 Å². The quantitative estimate of drug-likeness (QED) is 0.680. The number of thiocarbonyl (C=S) groups is 1. The summed E-state index contributed by atoms with van der Waals surface area (Å²) in [5.74, 6) is 1.13. The van der Waals surface area contributed by atoms with E-state index in [1.165, 1.54) is 12.7 Å². The highest BCUT2D eigenvalue weighted by Crippen LogP contribution is 2.17. The van der Waals surface area contributed by atoms with E-state index in [1.807, 2.05) is 0 Å². The Morgan fingerprint density at radius 1 is 1.43 bits per heavy atom. The molecule has 112 valence electrons. The van der Waals surface area contributed by atoms with E-state index in [2.05, 4.69) is 30.6 Å². The fourth-order valence-electron chi connectivity index (χ4n) is 2.28. The molecule has 1 aliphatic heterocycles. The average molecular weight is 326 g/mol. The number of aromatic amines is 1. The van der Waals surface area contributed by atoms with Crippen molar-refractivity contribution in [2.75, 3.05) is 23.4 Å². The molecule has 0 aromatic carbocycles. The predicted octanol–water partition coefficient (Wildman–Crippen LogP) is 0.0740. The monoisotopic (exact) mass is 326 g/mol. The summed E-state index contributed by atoms with van der Waals surface area (Å²) in [5, 5.41) is 6.39. The normalized spacial score (nSPS) is 20.5. The topological polar surface area (TPSA) is 113 Å². The van der Waals surface area contributed by atoms with Gasteiger partial charge in [0.05, 0.1) is 17.8 Å². The standard InChI is InChI=1S/C11H14N6O2S2/c18-21(19)2-1-7(4-21)3-12-11(20)17-10-8-9(14-5-13-8)15-6-16-10/h5-7H,1-4H2,(H3,12,13,14,15,16,17,20)/t7-/m1/s1. The van der Waals surface area contributed by atoms with E-state index in [-0.39, 0.29) is 17.4 Å². The van der Waals surface area contributed by atoms with Gasteiger partial charge in [0.15, 0.2) is 26.4 Å². The van der Waals surface area contributed by atoms with Gasteiger partial charge in [-0.05, 0) is 24.6 Å². The summed E-state index contributed by atoms with van der Waals surface area (Å²) in [6.07, 6.45) is 3.61. The lowest BCUT2D eigenvalue weighted by atomic mass is 10.1. The highest BCUT2D eigenvalue weighted by molar-refractivity contribution is 7.91. The maximum atomic E-state index is 11.4. The molecule has 0 radical (unpaired) electrons. The van der Waals surface area contributed by atoms with E-state index < -0.39 is 9.84 Å². The van der Waals surface area contributed by atoms with Gasteiger partial charge in [-0.25, -0.2) is 23.4 Å². The summed E-state index contributed by atoms with van der Waals surface area (Å²) >= 11 is 5.20. The number of imidazole rings is 1. The second kappa shape index (κ2) is 5.53. The third kappa shape index (κ3) is 3.27. The third-order valence-corrected chi connectivity index (χ3v) is 5.42. The first-order valence-corrected chi connectivity index (χ1v) is 8.66. The van der Waals surface area contributed by atoms with Crippen molar-refractivity contribution in [3.63, 3.8) is 0 Å².